The first-order chi connectivity index (χ1) is 12.9. The van der Waals surface area contributed by atoms with E-state index in [1.165, 1.54) is 0 Å². The number of rotatable bonds is 3. The van der Waals surface area contributed by atoms with Crippen LogP contribution in [0.1, 0.15) is 0 Å². The van der Waals surface area contributed by atoms with Crippen LogP contribution in [-0.2, 0) is 0 Å². The van der Waals surface area contributed by atoms with Crippen LogP contribution in [-0.4, -0.2) is 51.1 Å². The number of anilines is 3. The Morgan fingerprint density at radius 3 is 2.88 bits per heavy atom. The lowest BCUT2D eigenvalue weighted by atomic mass is 10.2. The van der Waals surface area contributed by atoms with Crippen molar-refractivity contribution in [2.75, 3.05) is 36.4 Å². The molecule has 8 nitrogen and oxygen atoms in total. The molecule has 3 N–H and O–H groups in total. The Bertz CT molecular complexity index is 1070. The summed E-state index contributed by atoms with van der Waals surface area (Å²) in [5, 5.41) is 7.75. The van der Waals surface area contributed by atoms with Crippen LogP contribution >= 0.6 is 0 Å². The number of piperazine rings is 1. The number of aromatic nitrogens is 5. The van der Waals surface area contributed by atoms with Crippen LogP contribution in [0.15, 0.2) is 42.9 Å². The molecule has 1 aliphatic rings. The molecule has 4 aromatic rings. The first kappa shape index (κ1) is 15.0. The van der Waals surface area contributed by atoms with Crippen LogP contribution in [0.5, 0.6) is 0 Å². The highest BCUT2D eigenvalue weighted by molar-refractivity contribution is 5.86. The first-order valence-corrected chi connectivity index (χ1v) is 8.65. The third kappa shape index (κ3) is 2.70. The second-order valence-corrected chi connectivity index (χ2v) is 6.24. The van der Waals surface area contributed by atoms with Gasteiger partial charge in [-0.3, -0.25) is 4.98 Å². The van der Waals surface area contributed by atoms with Crippen LogP contribution < -0.4 is 15.5 Å². The predicted molar refractivity (Wildman–Crippen MR) is 102 cm³/mol. The smallest absolute Gasteiger partial charge is 0.231 e. The highest BCUT2D eigenvalue weighted by Gasteiger charge is 2.18. The molecule has 3 aromatic heterocycles. The Labute approximate surface area is 149 Å². The number of nitrogens with zero attached hydrogens (tertiary/aromatic N) is 5. The number of hydrogen-bond donors (Lipinski definition) is 3. The SMILES string of the molecule is c1cnc2ccc(Nc3nc(N4CCNCC4)c4nc[nH]c4n3)cc2c1. The summed E-state index contributed by atoms with van der Waals surface area (Å²) in [6.07, 6.45) is 3.46. The lowest BCUT2D eigenvalue weighted by molar-refractivity contribution is 0.586. The van der Waals surface area contributed by atoms with E-state index in [2.05, 4.69) is 35.5 Å². The Hall–Kier alpha value is -3.26. The van der Waals surface area contributed by atoms with E-state index in [1.54, 1.807) is 12.5 Å². The van der Waals surface area contributed by atoms with Gasteiger partial charge in [0.15, 0.2) is 17.0 Å². The molecule has 0 saturated carbocycles. The average molecular weight is 346 g/mol. The van der Waals surface area contributed by atoms with Gasteiger partial charge in [-0.2, -0.15) is 9.97 Å². The number of nitrogens with one attached hydrogen (secondary N) is 3. The monoisotopic (exact) mass is 346 g/mol. The van der Waals surface area contributed by atoms with Crippen molar-refractivity contribution in [3.8, 4) is 0 Å². The zero-order chi connectivity index (χ0) is 17.3. The van der Waals surface area contributed by atoms with E-state index < -0.39 is 0 Å². The zero-order valence-corrected chi connectivity index (χ0v) is 14.1. The highest BCUT2D eigenvalue weighted by atomic mass is 15.3. The average Bonchev–Trinajstić information content (AvgIpc) is 3.16. The highest BCUT2D eigenvalue weighted by Crippen LogP contribution is 2.25. The van der Waals surface area contributed by atoms with Gasteiger partial charge in [-0.1, -0.05) is 6.07 Å². The van der Waals surface area contributed by atoms with Gasteiger partial charge >= 0.3 is 0 Å². The van der Waals surface area contributed by atoms with Crippen molar-refractivity contribution in [3.05, 3.63) is 42.9 Å². The van der Waals surface area contributed by atoms with Crippen molar-refractivity contribution < 1.29 is 0 Å². The van der Waals surface area contributed by atoms with E-state index in [0.29, 0.717) is 5.95 Å². The molecule has 130 valence electrons. The van der Waals surface area contributed by atoms with Crippen LogP contribution in [0.25, 0.3) is 22.1 Å². The molecule has 5 rings (SSSR count). The summed E-state index contributed by atoms with van der Waals surface area (Å²) in [5.74, 6) is 1.42. The number of hydrogen-bond acceptors (Lipinski definition) is 7. The molecule has 0 bridgehead atoms. The summed E-state index contributed by atoms with van der Waals surface area (Å²) in [5.41, 5.74) is 3.43. The first-order valence-electron chi connectivity index (χ1n) is 8.65. The fraction of sp³-hybridized carbons (Fsp3) is 0.222. The van der Waals surface area contributed by atoms with Crippen molar-refractivity contribution >= 4 is 39.5 Å². The van der Waals surface area contributed by atoms with Gasteiger partial charge in [0.1, 0.15) is 0 Å². The van der Waals surface area contributed by atoms with Gasteiger partial charge in [-0.05, 0) is 24.3 Å². The molecule has 1 fully saturated rings. The summed E-state index contributed by atoms with van der Waals surface area (Å²) < 4.78 is 0. The van der Waals surface area contributed by atoms with Gasteiger partial charge in [-0.25, -0.2) is 4.98 Å². The molecule has 0 amide bonds. The minimum atomic E-state index is 0.554. The number of pyridine rings is 1. The Balaban J connectivity index is 1.53. The maximum atomic E-state index is 4.75. The van der Waals surface area contributed by atoms with E-state index in [9.17, 15) is 0 Å². The predicted octanol–water partition coefficient (Wildman–Crippen LogP) is 2.05. The summed E-state index contributed by atoms with van der Waals surface area (Å²) in [4.78, 5) is 23.4. The normalized spacial score (nSPS) is 14.8. The molecule has 4 heterocycles. The number of benzene rings is 1. The van der Waals surface area contributed by atoms with E-state index in [1.807, 2.05) is 30.3 Å². The van der Waals surface area contributed by atoms with E-state index in [4.69, 9.17) is 4.98 Å². The summed E-state index contributed by atoms with van der Waals surface area (Å²) in [6.45, 7) is 3.69. The van der Waals surface area contributed by atoms with Crippen LogP contribution in [0, 0.1) is 0 Å². The van der Waals surface area contributed by atoms with Crippen molar-refractivity contribution in [2.24, 2.45) is 0 Å². The topological polar surface area (TPSA) is 94.6 Å². The molecule has 1 saturated heterocycles. The van der Waals surface area contributed by atoms with Crippen LogP contribution in [0.4, 0.5) is 17.5 Å². The van der Waals surface area contributed by atoms with Gasteiger partial charge in [0.25, 0.3) is 0 Å². The molecule has 8 heteroatoms. The zero-order valence-electron chi connectivity index (χ0n) is 14.1. The van der Waals surface area contributed by atoms with Crippen LogP contribution in [0.3, 0.4) is 0 Å². The molecule has 1 aliphatic heterocycles. The van der Waals surface area contributed by atoms with Crippen molar-refractivity contribution in [1.29, 1.82) is 0 Å². The third-order valence-electron chi connectivity index (χ3n) is 4.54. The number of imidazole rings is 1. The molecule has 0 aliphatic carbocycles. The summed E-state index contributed by atoms with van der Waals surface area (Å²) in [7, 11) is 0. The van der Waals surface area contributed by atoms with Gasteiger partial charge in [0.05, 0.1) is 11.8 Å². The Kier molecular flexibility index (Phi) is 3.60. The summed E-state index contributed by atoms with van der Waals surface area (Å²) >= 11 is 0. The number of fused-ring (bicyclic) bond motifs is 2. The minimum Gasteiger partial charge on any atom is -0.352 e. The van der Waals surface area contributed by atoms with Crippen molar-refractivity contribution in [1.82, 2.24) is 30.2 Å². The fourth-order valence-electron chi connectivity index (χ4n) is 3.26. The standard InChI is InChI=1S/C18H18N8/c1-2-12-10-13(3-4-14(12)20-5-1)23-18-24-16-15(21-11-22-16)17(25-18)26-8-6-19-7-9-26/h1-5,10-11,19H,6-9H2,(H2,21,22,23,24,25). The maximum Gasteiger partial charge on any atom is 0.231 e. The van der Waals surface area contributed by atoms with Gasteiger partial charge in [0.2, 0.25) is 5.95 Å². The fourth-order valence-corrected chi connectivity index (χ4v) is 3.26. The largest absolute Gasteiger partial charge is 0.352 e. The quantitative estimate of drug-likeness (QED) is 0.522. The van der Waals surface area contributed by atoms with Gasteiger partial charge < -0.3 is 20.5 Å². The Morgan fingerprint density at radius 1 is 1.04 bits per heavy atom. The molecular formula is C18H18N8. The lowest BCUT2D eigenvalue weighted by Gasteiger charge is -2.28. The molecular weight excluding hydrogens is 328 g/mol. The molecule has 0 spiro atoms. The molecule has 26 heavy (non-hydrogen) atoms. The van der Waals surface area contributed by atoms with Gasteiger partial charge in [-0.15, -0.1) is 0 Å². The van der Waals surface area contributed by atoms with E-state index in [-0.39, 0.29) is 0 Å². The minimum absolute atomic E-state index is 0.554. The maximum absolute atomic E-state index is 4.75. The van der Waals surface area contributed by atoms with Gasteiger partial charge in [0, 0.05) is 43.4 Å². The second kappa shape index (κ2) is 6.23. The van der Waals surface area contributed by atoms with Crippen molar-refractivity contribution in [3.63, 3.8) is 0 Å². The molecule has 0 radical (unpaired) electrons. The van der Waals surface area contributed by atoms with Crippen LogP contribution in [0.2, 0.25) is 0 Å². The molecule has 0 unspecified atom stereocenters. The van der Waals surface area contributed by atoms with E-state index >= 15 is 0 Å². The molecule has 1 aromatic carbocycles. The second-order valence-electron chi connectivity index (χ2n) is 6.24. The molecule has 0 atom stereocenters. The van der Waals surface area contributed by atoms with E-state index in [0.717, 1.165) is 59.8 Å². The Morgan fingerprint density at radius 2 is 1.96 bits per heavy atom. The lowest BCUT2D eigenvalue weighted by Crippen LogP contribution is -2.44. The van der Waals surface area contributed by atoms with Crippen molar-refractivity contribution in [2.45, 2.75) is 0 Å². The summed E-state index contributed by atoms with van der Waals surface area (Å²) in [6, 6.07) is 10.00. The third-order valence-corrected chi connectivity index (χ3v) is 4.54. The number of H-pyrrole nitrogens is 1. The number of aromatic amines is 1.